The molecule has 0 radical (unpaired) electrons. The number of aromatic nitrogens is 2. The van der Waals surface area contributed by atoms with Gasteiger partial charge in [0.25, 0.3) is 0 Å². The Morgan fingerprint density at radius 1 is 0.829 bits per heavy atom. The van der Waals surface area contributed by atoms with Gasteiger partial charge >= 0.3 is 0 Å². The van der Waals surface area contributed by atoms with Gasteiger partial charge in [-0.3, -0.25) is 4.90 Å². The molecule has 2 fully saturated rings. The van der Waals surface area contributed by atoms with Crippen LogP contribution in [0.1, 0.15) is 30.9 Å². The van der Waals surface area contributed by atoms with Gasteiger partial charge in [0.1, 0.15) is 35.8 Å². The van der Waals surface area contributed by atoms with Gasteiger partial charge in [-0.1, -0.05) is 24.3 Å². The Balaban J connectivity index is 1.40. The molecule has 3 heterocycles. The lowest BCUT2D eigenvalue weighted by Gasteiger charge is -2.41. The Morgan fingerprint density at radius 3 is 2.06 bits per heavy atom. The number of halogens is 4. The lowest BCUT2D eigenvalue weighted by Crippen LogP contribution is -2.43. The van der Waals surface area contributed by atoms with Crippen molar-refractivity contribution in [3.63, 3.8) is 0 Å². The maximum atomic E-state index is 14.8. The summed E-state index contributed by atoms with van der Waals surface area (Å²) >= 11 is 0. The summed E-state index contributed by atoms with van der Waals surface area (Å²) in [5.74, 6) is 0.308. The van der Waals surface area contributed by atoms with Crippen molar-refractivity contribution in [2.24, 2.45) is 5.92 Å². The number of piperidine rings is 1. The number of nitrogen functional groups attached to an aromatic ring is 1. The molecule has 9 heteroatoms. The maximum Gasteiger partial charge on any atom is 0.185 e. The van der Waals surface area contributed by atoms with E-state index in [2.05, 4.69) is 14.9 Å². The van der Waals surface area contributed by atoms with Gasteiger partial charge in [0, 0.05) is 25.7 Å². The number of benzene rings is 2. The summed E-state index contributed by atoms with van der Waals surface area (Å²) in [6, 6.07) is 11.8. The largest absolute Gasteiger partial charge is 0.383 e. The minimum atomic E-state index is -1.67. The molecule has 2 N–H and O–H groups in total. The fourth-order valence-electron chi connectivity index (χ4n) is 5.38. The Kier molecular flexibility index (Phi) is 6.60. The van der Waals surface area contributed by atoms with E-state index < -0.39 is 12.5 Å². The van der Waals surface area contributed by atoms with E-state index in [9.17, 15) is 17.6 Å². The average Bonchev–Trinajstić information content (AvgIpc) is 3.19. The van der Waals surface area contributed by atoms with Crippen LogP contribution >= 0.6 is 0 Å². The number of alkyl halides is 2. The van der Waals surface area contributed by atoms with Gasteiger partial charge in [-0.2, -0.15) is 0 Å². The van der Waals surface area contributed by atoms with E-state index in [0.29, 0.717) is 49.7 Å². The first kappa shape index (κ1) is 23.5. The van der Waals surface area contributed by atoms with Crippen molar-refractivity contribution < 1.29 is 17.6 Å². The molecule has 3 unspecified atom stereocenters. The molecule has 0 saturated carbocycles. The second-order valence-corrected chi connectivity index (χ2v) is 9.20. The van der Waals surface area contributed by atoms with Crippen LogP contribution in [0, 0.1) is 17.6 Å². The summed E-state index contributed by atoms with van der Waals surface area (Å²) in [4.78, 5) is 12.3. The number of nitrogens with two attached hydrogens (primary N) is 1. The fraction of sp³-hybridized carbons (Fsp3) is 0.385. The highest BCUT2D eigenvalue weighted by Gasteiger charge is 2.42. The Labute approximate surface area is 201 Å². The molecule has 3 atom stereocenters. The van der Waals surface area contributed by atoms with Crippen LogP contribution < -0.4 is 10.6 Å². The zero-order valence-corrected chi connectivity index (χ0v) is 19.1. The first-order chi connectivity index (χ1) is 16.9. The molecule has 2 aromatic carbocycles. The van der Waals surface area contributed by atoms with E-state index in [4.69, 9.17) is 5.73 Å². The maximum absolute atomic E-state index is 14.8. The van der Waals surface area contributed by atoms with Crippen LogP contribution in [0.4, 0.5) is 29.2 Å². The van der Waals surface area contributed by atoms with Crippen LogP contribution in [0.15, 0.2) is 54.9 Å². The zero-order valence-electron chi connectivity index (χ0n) is 19.1. The predicted molar refractivity (Wildman–Crippen MR) is 127 cm³/mol. The van der Waals surface area contributed by atoms with E-state index in [-0.39, 0.29) is 30.0 Å². The van der Waals surface area contributed by atoms with E-state index in [1.165, 1.54) is 30.6 Å². The zero-order chi connectivity index (χ0) is 24.5. The van der Waals surface area contributed by atoms with Crippen molar-refractivity contribution in [2.45, 2.75) is 37.8 Å². The molecule has 184 valence electrons. The standard InChI is InChI=1S/C26H27F4N5/c27-19-5-1-16(2-6-19)22-25(31)32-15-33-26(22)34-12-9-18(10-13-34)23(17-3-7-20(28)8-4-17)35-14-11-21(29)24(35)30/h1-8,15,18,21,23-24H,9-14H2,(H2,31,32,33). The third kappa shape index (κ3) is 4.69. The Hall–Kier alpha value is -3.20. The molecule has 1 aromatic heterocycles. The third-order valence-corrected chi connectivity index (χ3v) is 7.12. The number of hydrogen-bond donors (Lipinski definition) is 1. The lowest BCUT2D eigenvalue weighted by molar-refractivity contribution is 0.0153. The van der Waals surface area contributed by atoms with Crippen LogP contribution in [0.5, 0.6) is 0 Å². The van der Waals surface area contributed by atoms with Crippen molar-refractivity contribution in [3.05, 3.63) is 72.1 Å². The first-order valence-corrected chi connectivity index (χ1v) is 11.8. The smallest absolute Gasteiger partial charge is 0.185 e. The summed E-state index contributed by atoms with van der Waals surface area (Å²) in [5, 5.41) is 0. The summed E-state index contributed by atoms with van der Waals surface area (Å²) in [5.41, 5.74) is 8.34. The molecule has 2 saturated heterocycles. The van der Waals surface area contributed by atoms with Crippen LogP contribution in [-0.4, -0.2) is 47.0 Å². The van der Waals surface area contributed by atoms with Gasteiger partial charge in [0.05, 0.1) is 5.56 Å². The van der Waals surface area contributed by atoms with E-state index in [0.717, 1.165) is 11.1 Å². The van der Waals surface area contributed by atoms with Gasteiger partial charge in [-0.15, -0.1) is 0 Å². The van der Waals surface area contributed by atoms with Gasteiger partial charge in [0.2, 0.25) is 0 Å². The minimum Gasteiger partial charge on any atom is -0.383 e. The lowest BCUT2D eigenvalue weighted by atomic mass is 9.84. The summed E-state index contributed by atoms with van der Waals surface area (Å²) < 4.78 is 56.0. The van der Waals surface area contributed by atoms with Crippen LogP contribution in [-0.2, 0) is 0 Å². The second-order valence-electron chi connectivity index (χ2n) is 9.20. The number of nitrogens with zero attached hydrogens (tertiary/aromatic N) is 4. The summed E-state index contributed by atoms with van der Waals surface area (Å²) in [7, 11) is 0. The van der Waals surface area contributed by atoms with E-state index in [1.54, 1.807) is 29.2 Å². The van der Waals surface area contributed by atoms with Gasteiger partial charge in [-0.05, 0) is 60.6 Å². The van der Waals surface area contributed by atoms with Crippen molar-refractivity contribution in [1.29, 1.82) is 0 Å². The molecule has 0 aliphatic carbocycles. The molecule has 5 rings (SSSR count). The monoisotopic (exact) mass is 485 g/mol. The third-order valence-electron chi connectivity index (χ3n) is 7.12. The molecule has 0 amide bonds. The normalized spacial score (nSPS) is 22.5. The highest BCUT2D eigenvalue weighted by Crippen LogP contribution is 2.42. The topological polar surface area (TPSA) is 58.3 Å². The average molecular weight is 486 g/mol. The van der Waals surface area contributed by atoms with Crippen molar-refractivity contribution in [3.8, 4) is 11.1 Å². The molecule has 2 aliphatic rings. The highest BCUT2D eigenvalue weighted by molar-refractivity contribution is 5.84. The van der Waals surface area contributed by atoms with Crippen molar-refractivity contribution >= 4 is 11.6 Å². The summed E-state index contributed by atoms with van der Waals surface area (Å²) in [6.07, 6.45) is -0.219. The molecule has 0 spiro atoms. The van der Waals surface area contributed by atoms with Crippen molar-refractivity contribution in [2.75, 3.05) is 30.3 Å². The molecule has 5 nitrogen and oxygen atoms in total. The molecular formula is C26H27F4N5. The second kappa shape index (κ2) is 9.81. The van der Waals surface area contributed by atoms with Crippen molar-refractivity contribution in [1.82, 2.24) is 14.9 Å². The van der Waals surface area contributed by atoms with Crippen LogP contribution in [0.3, 0.4) is 0 Å². The minimum absolute atomic E-state index is 0.0497. The number of hydrogen-bond acceptors (Lipinski definition) is 5. The Morgan fingerprint density at radius 2 is 1.46 bits per heavy atom. The van der Waals surface area contributed by atoms with Gasteiger partial charge in [0.15, 0.2) is 6.30 Å². The van der Waals surface area contributed by atoms with E-state index in [1.807, 2.05) is 0 Å². The molecule has 35 heavy (non-hydrogen) atoms. The molecule has 0 bridgehead atoms. The summed E-state index contributed by atoms with van der Waals surface area (Å²) in [6.45, 7) is 1.56. The number of rotatable bonds is 5. The molecular weight excluding hydrogens is 458 g/mol. The quantitative estimate of drug-likeness (QED) is 0.393. The predicted octanol–water partition coefficient (Wildman–Crippen LogP) is 5.30. The number of anilines is 2. The molecule has 3 aromatic rings. The van der Waals surface area contributed by atoms with Gasteiger partial charge in [-0.25, -0.2) is 27.5 Å². The van der Waals surface area contributed by atoms with Crippen LogP contribution in [0.25, 0.3) is 11.1 Å². The SMILES string of the molecule is Nc1ncnc(N2CCC(C(c3ccc(F)cc3)N3CCC(F)C3F)CC2)c1-c1ccc(F)cc1. The van der Waals surface area contributed by atoms with Gasteiger partial charge < -0.3 is 10.6 Å². The Bertz CT molecular complexity index is 1150. The van der Waals surface area contributed by atoms with E-state index >= 15 is 0 Å². The number of likely N-dealkylation sites (tertiary alicyclic amines) is 1. The highest BCUT2D eigenvalue weighted by atomic mass is 19.2. The fourth-order valence-corrected chi connectivity index (χ4v) is 5.38. The van der Waals surface area contributed by atoms with Crippen LogP contribution in [0.2, 0.25) is 0 Å². The molecule has 2 aliphatic heterocycles. The first-order valence-electron chi connectivity index (χ1n) is 11.8.